The maximum atomic E-state index is 12.9. The molecule has 1 aromatic heterocycles. The van der Waals surface area contributed by atoms with Crippen molar-refractivity contribution in [3.63, 3.8) is 0 Å². The van der Waals surface area contributed by atoms with Crippen LogP contribution in [-0.2, 0) is 9.59 Å². The summed E-state index contributed by atoms with van der Waals surface area (Å²) in [4.78, 5) is 30.1. The number of rotatable bonds is 8. The lowest BCUT2D eigenvalue weighted by Crippen LogP contribution is -2.32. The number of carbonyl (C=O) groups excluding carboxylic acids is 2. The fourth-order valence-electron chi connectivity index (χ4n) is 3.49. The van der Waals surface area contributed by atoms with Crippen LogP contribution in [0.15, 0.2) is 41.3 Å². The van der Waals surface area contributed by atoms with E-state index >= 15 is 0 Å². The second-order valence-electron chi connectivity index (χ2n) is 7.24. The molecule has 0 unspecified atom stereocenters. The molecule has 1 aliphatic rings. The van der Waals surface area contributed by atoms with Crippen LogP contribution in [0.2, 0.25) is 5.02 Å². The molecule has 1 aromatic carbocycles. The van der Waals surface area contributed by atoms with E-state index in [1.54, 1.807) is 23.1 Å². The summed E-state index contributed by atoms with van der Waals surface area (Å²) in [6.07, 6.45) is 0.719. The van der Waals surface area contributed by atoms with Gasteiger partial charge in [-0.25, -0.2) is 0 Å². The van der Waals surface area contributed by atoms with Gasteiger partial charge in [-0.05, 0) is 63.6 Å². The van der Waals surface area contributed by atoms with E-state index in [2.05, 4.69) is 0 Å². The molecule has 1 N–H and O–H groups in total. The van der Waals surface area contributed by atoms with E-state index in [4.69, 9.17) is 16.3 Å². The highest BCUT2D eigenvalue weighted by molar-refractivity contribution is 7.10. The number of amides is 1. The molecule has 160 valence electrons. The van der Waals surface area contributed by atoms with Crippen molar-refractivity contribution in [2.75, 3.05) is 33.8 Å². The second kappa shape index (κ2) is 9.64. The molecule has 1 amide bonds. The van der Waals surface area contributed by atoms with E-state index in [1.165, 1.54) is 11.3 Å². The Labute approximate surface area is 185 Å². The number of likely N-dealkylation sites (tertiary alicyclic amines) is 1. The minimum absolute atomic E-state index is 0.0903. The topological polar surface area (TPSA) is 70.1 Å². The first-order chi connectivity index (χ1) is 14.3. The van der Waals surface area contributed by atoms with Crippen LogP contribution in [-0.4, -0.2) is 60.4 Å². The average molecular weight is 449 g/mol. The number of aliphatic hydroxyl groups excluding tert-OH is 1. The van der Waals surface area contributed by atoms with E-state index in [-0.39, 0.29) is 11.3 Å². The first-order valence-corrected chi connectivity index (χ1v) is 11.0. The van der Waals surface area contributed by atoms with Crippen LogP contribution in [0.4, 0.5) is 0 Å². The molecular weight excluding hydrogens is 424 g/mol. The fraction of sp³-hybridized carbons (Fsp3) is 0.364. The number of nitrogens with zero attached hydrogens (tertiary/aromatic N) is 2. The molecule has 6 nitrogen and oxygen atoms in total. The molecule has 1 atom stereocenters. The Hall–Kier alpha value is -2.35. The molecule has 0 radical (unpaired) electrons. The standard InChI is InChI=1S/C22H25ClN2O4S/c1-4-29-16-9-8-14(13-15(16)23)20(26)18-19(17-7-5-12-30-17)25(22(28)21(18)27)11-6-10-24(2)3/h5,7-9,12-13,19,26H,4,6,10-11H2,1-3H3/t19-/m1/s1. The van der Waals surface area contributed by atoms with Gasteiger partial charge in [-0.1, -0.05) is 17.7 Å². The number of Topliss-reactive ketones (excluding diaryl/α,β-unsaturated/α-hetero) is 1. The second-order valence-corrected chi connectivity index (χ2v) is 8.63. The van der Waals surface area contributed by atoms with Crippen molar-refractivity contribution in [3.8, 4) is 5.75 Å². The first-order valence-electron chi connectivity index (χ1n) is 9.74. The van der Waals surface area contributed by atoms with Crippen LogP contribution >= 0.6 is 22.9 Å². The van der Waals surface area contributed by atoms with E-state index in [0.717, 1.165) is 17.8 Å². The zero-order valence-electron chi connectivity index (χ0n) is 17.2. The van der Waals surface area contributed by atoms with Crippen LogP contribution in [0, 0.1) is 0 Å². The summed E-state index contributed by atoms with van der Waals surface area (Å²) in [5.41, 5.74) is 0.462. The molecule has 2 aromatic rings. The van der Waals surface area contributed by atoms with Crippen LogP contribution < -0.4 is 4.74 Å². The highest BCUT2D eigenvalue weighted by Gasteiger charge is 2.46. The highest BCUT2D eigenvalue weighted by atomic mass is 35.5. The third kappa shape index (κ3) is 4.53. The average Bonchev–Trinajstić information content (AvgIpc) is 3.31. The minimum atomic E-state index is -0.680. The lowest BCUT2D eigenvalue weighted by atomic mass is 9.99. The van der Waals surface area contributed by atoms with Gasteiger partial charge < -0.3 is 19.6 Å². The third-order valence-corrected chi connectivity index (χ3v) is 6.08. The molecule has 0 saturated carbocycles. The quantitative estimate of drug-likeness (QED) is 0.373. The van der Waals surface area contributed by atoms with Crippen molar-refractivity contribution in [2.45, 2.75) is 19.4 Å². The maximum absolute atomic E-state index is 12.9. The van der Waals surface area contributed by atoms with Gasteiger partial charge in [0.15, 0.2) is 0 Å². The largest absolute Gasteiger partial charge is 0.507 e. The normalized spacial score (nSPS) is 18.4. The molecule has 2 heterocycles. The molecule has 0 spiro atoms. The number of hydrogen-bond donors (Lipinski definition) is 1. The monoisotopic (exact) mass is 448 g/mol. The lowest BCUT2D eigenvalue weighted by molar-refractivity contribution is -0.139. The van der Waals surface area contributed by atoms with Gasteiger partial charge in [-0.3, -0.25) is 9.59 Å². The molecule has 0 aliphatic carbocycles. The molecule has 0 bridgehead atoms. The number of ketones is 1. The Morgan fingerprint density at radius 1 is 1.30 bits per heavy atom. The third-order valence-electron chi connectivity index (χ3n) is 4.86. The summed E-state index contributed by atoms with van der Waals surface area (Å²) in [5, 5.41) is 13.3. The van der Waals surface area contributed by atoms with Gasteiger partial charge in [0.2, 0.25) is 0 Å². The van der Waals surface area contributed by atoms with Gasteiger partial charge in [-0.2, -0.15) is 0 Å². The van der Waals surface area contributed by atoms with E-state index in [0.29, 0.717) is 29.5 Å². The molecule has 1 fully saturated rings. The highest BCUT2D eigenvalue weighted by Crippen LogP contribution is 2.41. The number of aliphatic hydroxyl groups is 1. The summed E-state index contributed by atoms with van der Waals surface area (Å²) >= 11 is 7.71. The number of halogens is 1. The lowest BCUT2D eigenvalue weighted by Gasteiger charge is -2.24. The molecule has 3 rings (SSSR count). The van der Waals surface area contributed by atoms with Crippen molar-refractivity contribution in [1.82, 2.24) is 9.80 Å². The Balaban J connectivity index is 2.03. The summed E-state index contributed by atoms with van der Waals surface area (Å²) in [6, 6.07) is 7.96. The molecule has 30 heavy (non-hydrogen) atoms. The van der Waals surface area contributed by atoms with Crippen molar-refractivity contribution in [2.24, 2.45) is 0 Å². The van der Waals surface area contributed by atoms with Crippen LogP contribution in [0.3, 0.4) is 0 Å². The fourth-order valence-corrected chi connectivity index (χ4v) is 4.57. The van der Waals surface area contributed by atoms with E-state index in [9.17, 15) is 14.7 Å². The zero-order valence-corrected chi connectivity index (χ0v) is 18.8. The summed E-state index contributed by atoms with van der Waals surface area (Å²) in [5.74, 6) is -1.01. The predicted octanol–water partition coefficient (Wildman–Crippen LogP) is 4.17. The summed E-state index contributed by atoms with van der Waals surface area (Å²) in [6.45, 7) is 3.52. The first kappa shape index (κ1) is 22.3. The summed E-state index contributed by atoms with van der Waals surface area (Å²) < 4.78 is 5.43. The van der Waals surface area contributed by atoms with Crippen LogP contribution in [0.25, 0.3) is 5.76 Å². The van der Waals surface area contributed by atoms with Gasteiger partial charge in [-0.15, -0.1) is 11.3 Å². The van der Waals surface area contributed by atoms with Gasteiger partial charge in [0.05, 0.1) is 23.2 Å². The predicted molar refractivity (Wildman–Crippen MR) is 119 cm³/mol. The maximum Gasteiger partial charge on any atom is 0.295 e. The van der Waals surface area contributed by atoms with Gasteiger partial charge in [0.25, 0.3) is 11.7 Å². The molecule has 1 aliphatic heterocycles. The zero-order chi connectivity index (χ0) is 21.8. The van der Waals surface area contributed by atoms with Gasteiger partial charge in [0, 0.05) is 17.0 Å². The van der Waals surface area contributed by atoms with Crippen LogP contribution in [0.5, 0.6) is 5.75 Å². The van der Waals surface area contributed by atoms with Gasteiger partial charge in [0.1, 0.15) is 11.5 Å². The molecule has 1 saturated heterocycles. The van der Waals surface area contributed by atoms with E-state index < -0.39 is 17.7 Å². The SMILES string of the molecule is CCOc1ccc(C(O)=C2C(=O)C(=O)N(CCCN(C)C)[C@@H]2c2cccs2)cc1Cl. The molecular formula is C22H25ClN2O4S. The minimum Gasteiger partial charge on any atom is -0.507 e. The number of carbonyl (C=O) groups is 2. The number of benzene rings is 1. The Morgan fingerprint density at radius 3 is 2.67 bits per heavy atom. The van der Waals surface area contributed by atoms with Crippen LogP contribution in [0.1, 0.15) is 29.8 Å². The van der Waals surface area contributed by atoms with Crippen molar-refractivity contribution in [1.29, 1.82) is 0 Å². The molecule has 8 heteroatoms. The number of hydrogen-bond acceptors (Lipinski definition) is 6. The van der Waals surface area contributed by atoms with Crippen molar-refractivity contribution in [3.05, 3.63) is 56.7 Å². The Bertz CT molecular complexity index is 956. The van der Waals surface area contributed by atoms with Crippen molar-refractivity contribution < 1.29 is 19.4 Å². The Kier molecular flexibility index (Phi) is 7.18. The Morgan fingerprint density at radius 2 is 2.07 bits per heavy atom. The number of ether oxygens (including phenoxy) is 1. The number of thiophene rings is 1. The van der Waals surface area contributed by atoms with Gasteiger partial charge >= 0.3 is 0 Å². The van der Waals surface area contributed by atoms with Crippen molar-refractivity contribution >= 4 is 40.4 Å². The van der Waals surface area contributed by atoms with E-state index in [1.807, 2.05) is 43.4 Å². The smallest absolute Gasteiger partial charge is 0.295 e. The summed E-state index contributed by atoms with van der Waals surface area (Å²) in [7, 11) is 3.92.